The van der Waals surface area contributed by atoms with E-state index in [1.165, 1.54) is 10.9 Å². The number of nitrogen functional groups attached to an aromatic ring is 1. The normalized spacial score (nSPS) is 15.8. The summed E-state index contributed by atoms with van der Waals surface area (Å²) in [7, 11) is 0. The number of imidazole rings is 1. The number of carbonyl (C=O) groups excluding carboxylic acids is 1. The molecule has 5 rings (SSSR count). The Morgan fingerprint density at radius 1 is 1.11 bits per heavy atom. The number of hydrogen-bond acceptors (Lipinski definition) is 6. The lowest BCUT2D eigenvalue weighted by Gasteiger charge is -2.23. The number of fused-ring (bicyclic) bond motifs is 1. The van der Waals surface area contributed by atoms with Crippen molar-refractivity contribution in [2.45, 2.75) is 32.4 Å². The summed E-state index contributed by atoms with van der Waals surface area (Å²) in [6, 6.07) is 16.6. The molecule has 9 heteroatoms. The molecule has 35 heavy (non-hydrogen) atoms. The molecule has 2 aromatic heterocycles. The van der Waals surface area contributed by atoms with Crippen molar-refractivity contribution in [2.75, 3.05) is 12.3 Å². The van der Waals surface area contributed by atoms with Crippen LogP contribution in [0.1, 0.15) is 19.8 Å². The second-order valence-electron chi connectivity index (χ2n) is 8.40. The van der Waals surface area contributed by atoms with Gasteiger partial charge in [-0.15, -0.1) is 0 Å². The Balaban J connectivity index is 1.52. The Morgan fingerprint density at radius 2 is 1.86 bits per heavy atom. The van der Waals surface area contributed by atoms with Crippen LogP contribution in [0.25, 0.3) is 16.9 Å². The fraction of sp³-hybridized carbons (Fsp3) is 0.231. The number of amides is 1. The maximum atomic E-state index is 13.7. The number of allylic oxidation sites excluding steroid dienone is 1. The van der Waals surface area contributed by atoms with Crippen molar-refractivity contribution in [3.63, 3.8) is 0 Å². The quantitative estimate of drug-likeness (QED) is 0.432. The van der Waals surface area contributed by atoms with Gasteiger partial charge in [-0.25, -0.2) is 14.8 Å². The molecule has 0 unspecified atom stereocenters. The molecule has 0 bridgehead atoms. The van der Waals surface area contributed by atoms with Crippen LogP contribution in [0.5, 0.6) is 11.5 Å². The molecule has 178 valence electrons. The molecule has 1 atom stereocenters. The molecule has 1 amide bonds. The molecule has 4 aromatic rings. The third-order valence-electron chi connectivity index (χ3n) is 6.17. The van der Waals surface area contributed by atoms with E-state index in [1.807, 2.05) is 42.2 Å². The van der Waals surface area contributed by atoms with Gasteiger partial charge in [-0.3, -0.25) is 13.9 Å². The van der Waals surface area contributed by atoms with Crippen molar-refractivity contribution >= 4 is 22.9 Å². The molecule has 2 N–H and O–H groups in total. The standard InChI is InChI=1S/C26H26N6O3/c1-2-7-22(33)30-15-6-8-19(30)16-31-25-23(24(27)28-17-29-25)32(26(31)34)18-11-13-21(14-12-18)35-20-9-4-3-5-10-20/h2-5,7,9-14,17,19H,6,8,15-16H2,1H3,(H2,27,28,29)/b7-2+/t19-/m0/s1. The van der Waals surface area contributed by atoms with Crippen molar-refractivity contribution in [1.29, 1.82) is 0 Å². The smallest absolute Gasteiger partial charge is 0.335 e. The van der Waals surface area contributed by atoms with Gasteiger partial charge in [0.05, 0.1) is 11.7 Å². The number of para-hydroxylation sites is 1. The molecule has 2 aromatic carbocycles. The molecule has 3 heterocycles. The number of hydrogen-bond donors (Lipinski definition) is 1. The highest BCUT2D eigenvalue weighted by Gasteiger charge is 2.30. The minimum absolute atomic E-state index is 0.0464. The van der Waals surface area contributed by atoms with Gasteiger partial charge >= 0.3 is 5.69 Å². The molecule has 1 saturated heterocycles. The SMILES string of the molecule is C/C=C/C(=O)N1CCC[C@H]1Cn1c(=O)n(-c2ccc(Oc3ccccc3)cc2)c2c(N)ncnc21. The highest BCUT2D eigenvalue weighted by atomic mass is 16.5. The monoisotopic (exact) mass is 470 g/mol. The summed E-state index contributed by atoms with van der Waals surface area (Å²) >= 11 is 0. The first-order valence-electron chi connectivity index (χ1n) is 11.5. The molecule has 1 aliphatic heterocycles. The summed E-state index contributed by atoms with van der Waals surface area (Å²) in [5, 5.41) is 0. The van der Waals surface area contributed by atoms with Crippen LogP contribution in [-0.4, -0.2) is 42.5 Å². The summed E-state index contributed by atoms with van der Waals surface area (Å²) in [4.78, 5) is 36.5. The maximum absolute atomic E-state index is 13.7. The average molecular weight is 471 g/mol. The van der Waals surface area contributed by atoms with E-state index < -0.39 is 0 Å². The lowest BCUT2D eigenvalue weighted by Crippen LogP contribution is -2.39. The summed E-state index contributed by atoms with van der Waals surface area (Å²) in [5.74, 6) is 1.53. The summed E-state index contributed by atoms with van der Waals surface area (Å²) in [5.41, 5.74) is 7.43. The summed E-state index contributed by atoms with van der Waals surface area (Å²) in [6.07, 6.45) is 6.35. The largest absolute Gasteiger partial charge is 0.457 e. The van der Waals surface area contributed by atoms with Gasteiger partial charge in [-0.05, 0) is 62.2 Å². The molecule has 1 aliphatic rings. The van der Waals surface area contributed by atoms with Gasteiger partial charge in [0.25, 0.3) is 0 Å². The Hall–Kier alpha value is -4.40. The van der Waals surface area contributed by atoms with Gasteiger partial charge in [-0.2, -0.15) is 0 Å². The van der Waals surface area contributed by atoms with E-state index in [2.05, 4.69) is 9.97 Å². The molecular weight excluding hydrogens is 444 g/mol. The number of likely N-dealkylation sites (tertiary alicyclic amines) is 1. The molecule has 0 aliphatic carbocycles. The first kappa shape index (κ1) is 22.4. The Labute approximate surface area is 202 Å². The topological polar surface area (TPSA) is 108 Å². The number of anilines is 1. The highest BCUT2D eigenvalue weighted by molar-refractivity contribution is 5.88. The lowest BCUT2D eigenvalue weighted by atomic mass is 10.2. The van der Waals surface area contributed by atoms with Crippen molar-refractivity contribution in [1.82, 2.24) is 24.0 Å². The zero-order valence-corrected chi connectivity index (χ0v) is 19.4. The molecule has 0 radical (unpaired) electrons. The number of nitrogens with zero attached hydrogens (tertiary/aromatic N) is 5. The van der Waals surface area contributed by atoms with Gasteiger partial charge in [0.2, 0.25) is 5.91 Å². The zero-order valence-electron chi connectivity index (χ0n) is 19.4. The number of benzene rings is 2. The van der Waals surface area contributed by atoms with Crippen molar-refractivity contribution < 1.29 is 9.53 Å². The number of nitrogens with two attached hydrogens (primary N) is 1. The van der Waals surface area contributed by atoms with E-state index in [4.69, 9.17) is 10.5 Å². The van der Waals surface area contributed by atoms with E-state index in [-0.39, 0.29) is 23.5 Å². The van der Waals surface area contributed by atoms with Crippen molar-refractivity contribution in [3.05, 3.63) is 83.6 Å². The fourth-order valence-electron chi connectivity index (χ4n) is 4.56. The van der Waals surface area contributed by atoms with Gasteiger partial charge in [0.1, 0.15) is 23.3 Å². The zero-order chi connectivity index (χ0) is 24.4. The van der Waals surface area contributed by atoms with Gasteiger partial charge in [0, 0.05) is 13.1 Å². The van der Waals surface area contributed by atoms with Crippen LogP contribution in [0, 0.1) is 0 Å². The average Bonchev–Trinajstić information content (AvgIpc) is 3.44. The Morgan fingerprint density at radius 3 is 2.60 bits per heavy atom. The predicted octanol–water partition coefficient (Wildman–Crippen LogP) is 3.52. The Bertz CT molecular complexity index is 1440. The molecular formula is C26H26N6O3. The van der Waals surface area contributed by atoms with Crippen LogP contribution in [0.3, 0.4) is 0 Å². The number of aromatic nitrogens is 4. The minimum Gasteiger partial charge on any atom is -0.457 e. The van der Waals surface area contributed by atoms with E-state index in [0.29, 0.717) is 35.7 Å². The van der Waals surface area contributed by atoms with Crippen LogP contribution in [-0.2, 0) is 11.3 Å². The number of ether oxygens (including phenoxy) is 1. The van der Waals surface area contributed by atoms with Crippen LogP contribution in [0.4, 0.5) is 5.82 Å². The minimum atomic E-state index is -0.283. The first-order chi connectivity index (χ1) is 17.1. The third-order valence-corrected chi connectivity index (χ3v) is 6.17. The van der Waals surface area contributed by atoms with Crippen LogP contribution < -0.4 is 16.2 Å². The van der Waals surface area contributed by atoms with E-state index in [9.17, 15) is 9.59 Å². The summed E-state index contributed by atoms with van der Waals surface area (Å²) < 4.78 is 8.98. The van der Waals surface area contributed by atoms with E-state index in [0.717, 1.165) is 18.6 Å². The highest BCUT2D eigenvalue weighted by Crippen LogP contribution is 2.26. The van der Waals surface area contributed by atoms with Crippen molar-refractivity contribution in [2.24, 2.45) is 0 Å². The predicted molar refractivity (Wildman–Crippen MR) is 134 cm³/mol. The first-order valence-corrected chi connectivity index (χ1v) is 11.5. The van der Waals surface area contributed by atoms with E-state index >= 15 is 0 Å². The van der Waals surface area contributed by atoms with Gasteiger partial charge in [0.15, 0.2) is 11.5 Å². The van der Waals surface area contributed by atoms with Gasteiger partial charge in [-0.1, -0.05) is 24.3 Å². The molecule has 0 spiro atoms. The van der Waals surface area contributed by atoms with E-state index in [1.54, 1.807) is 41.0 Å². The molecule has 1 fully saturated rings. The number of carbonyl (C=O) groups is 1. The van der Waals surface area contributed by atoms with Crippen LogP contribution in [0.2, 0.25) is 0 Å². The number of rotatable bonds is 6. The fourth-order valence-corrected chi connectivity index (χ4v) is 4.56. The lowest BCUT2D eigenvalue weighted by molar-refractivity contribution is -0.127. The Kier molecular flexibility index (Phi) is 6.05. The van der Waals surface area contributed by atoms with Crippen LogP contribution in [0.15, 0.2) is 77.9 Å². The molecule has 9 nitrogen and oxygen atoms in total. The van der Waals surface area contributed by atoms with Crippen molar-refractivity contribution in [3.8, 4) is 17.2 Å². The summed E-state index contributed by atoms with van der Waals surface area (Å²) in [6.45, 7) is 2.81. The maximum Gasteiger partial charge on any atom is 0.335 e. The molecule has 0 saturated carbocycles. The second-order valence-corrected chi connectivity index (χ2v) is 8.40. The third kappa shape index (κ3) is 4.28. The second kappa shape index (κ2) is 9.46. The van der Waals surface area contributed by atoms with Gasteiger partial charge < -0.3 is 15.4 Å². The van der Waals surface area contributed by atoms with Crippen LogP contribution >= 0.6 is 0 Å².